The average molecular weight is 386 g/mol. The van der Waals surface area contributed by atoms with Gasteiger partial charge in [-0.3, -0.25) is 9.59 Å². The van der Waals surface area contributed by atoms with E-state index in [0.29, 0.717) is 23.6 Å². The van der Waals surface area contributed by atoms with Gasteiger partial charge in [-0.2, -0.15) is 0 Å². The van der Waals surface area contributed by atoms with Crippen molar-refractivity contribution in [3.05, 3.63) is 95.2 Å². The zero-order valence-electron chi connectivity index (χ0n) is 16.1. The fraction of sp³-hybridized carbons (Fsp3) is 0.0870. The number of nitrogens with zero attached hydrogens (tertiary/aromatic N) is 1. The van der Waals surface area contributed by atoms with Crippen molar-refractivity contribution in [2.45, 2.75) is 13.5 Å². The normalized spacial score (nSPS) is 10.7. The molecule has 0 spiro atoms. The summed E-state index contributed by atoms with van der Waals surface area (Å²) in [5, 5.41) is 5.59. The molecule has 0 atom stereocenters. The Balaban J connectivity index is 1.51. The summed E-state index contributed by atoms with van der Waals surface area (Å²) in [6.07, 6.45) is 4.81. The van der Waals surface area contributed by atoms with Crippen LogP contribution in [0.5, 0.6) is 0 Å². The molecule has 29 heavy (non-hydrogen) atoms. The van der Waals surface area contributed by atoms with Crippen LogP contribution in [0.15, 0.2) is 72.9 Å². The number of hydrogen-bond acceptors (Lipinski definition) is 4. The third-order valence-electron chi connectivity index (χ3n) is 4.23. The Morgan fingerprint density at radius 1 is 1.03 bits per heavy atom. The number of nitrogens with two attached hydrogens (primary N) is 1. The minimum absolute atomic E-state index is 0.178. The van der Waals surface area contributed by atoms with E-state index < -0.39 is 0 Å². The molecule has 1 heterocycles. The molecule has 3 aromatic rings. The van der Waals surface area contributed by atoms with Gasteiger partial charge in [-0.15, -0.1) is 0 Å². The summed E-state index contributed by atoms with van der Waals surface area (Å²) in [6, 6.07) is 18.2. The van der Waals surface area contributed by atoms with Gasteiger partial charge < -0.3 is 16.4 Å². The molecule has 3 rings (SSSR count). The van der Waals surface area contributed by atoms with Gasteiger partial charge in [0.15, 0.2) is 0 Å². The van der Waals surface area contributed by atoms with Crippen LogP contribution in [0.25, 0.3) is 6.08 Å². The molecule has 0 saturated carbocycles. The summed E-state index contributed by atoms with van der Waals surface area (Å²) in [6.45, 7) is 2.39. The maximum absolute atomic E-state index is 12.3. The quantitative estimate of drug-likeness (QED) is 0.564. The highest BCUT2D eigenvalue weighted by Gasteiger charge is 2.07. The molecular weight excluding hydrogens is 364 g/mol. The first-order valence-electron chi connectivity index (χ1n) is 9.14. The van der Waals surface area contributed by atoms with E-state index in [1.165, 1.54) is 17.8 Å². The maximum atomic E-state index is 12.3. The van der Waals surface area contributed by atoms with Crippen molar-refractivity contribution in [3.63, 3.8) is 0 Å². The van der Waals surface area contributed by atoms with Gasteiger partial charge in [0.2, 0.25) is 5.91 Å². The lowest BCUT2D eigenvalue weighted by Crippen LogP contribution is -2.20. The minimum Gasteiger partial charge on any atom is -0.384 e. The Hall–Kier alpha value is -3.93. The molecule has 0 aliphatic heterocycles. The van der Waals surface area contributed by atoms with E-state index in [-0.39, 0.29) is 11.8 Å². The van der Waals surface area contributed by atoms with Crippen LogP contribution in [-0.4, -0.2) is 16.8 Å². The molecule has 0 radical (unpaired) electrons. The molecule has 0 aliphatic carbocycles. The van der Waals surface area contributed by atoms with Crippen LogP contribution in [0, 0.1) is 6.92 Å². The van der Waals surface area contributed by atoms with Gasteiger partial charge in [-0.1, -0.05) is 42.0 Å². The number of aromatic nitrogens is 1. The number of nitrogen functional groups attached to an aromatic ring is 1. The average Bonchev–Trinajstić information content (AvgIpc) is 2.72. The molecular formula is C23H22N4O2. The molecule has 0 aliphatic rings. The zero-order chi connectivity index (χ0) is 20.6. The summed E-state index contributed by atoms with van der Waals surface area (Å²) in [4.78, 5) is 28.2. The van der Waals surface area contributed by atoms with E-state index in [9.17, 15) is 9.59 Å². The molecule has 1 aromatic heterocycles. The van der Waals surface area contributed by atoms with Crippen molar-refractivity contribution in [1.82, 2.24) is 10.3 Å². The SMILES string of the molecule is Cc1ccc(/C=C/C(=O)NCc2ccc(C(=O)Nc3ccnc(N)c3)cc2)cc1. The maximum Gasteiger partial charge on any atom is 0.255 e. The fourth-order valence-electron chi connectivity index (χ4n) is 2.60. The summed E-state index contributed by atoms with van der Waals surface area (Å²) in [5.74, 6) is -0.0831. The lowest BCUT2D eigenvalue weighted by molar-refractivity contribution is -0.116. The Morgan fingerprint density at radius 3 is 2.45 bits per heavy atom. The highest BCUT2D eigenvalue weighted by atomic mass is 16.2. The monoisotopic (exact) mass is 386 g/mol. The molecule has 6 heteroatoms. The second-order valence-electron chi connectivity index (χ2n) is 6.58. The molecule has 6 nitrogen and oxygen atoms in total. The van der Waals surface area contributed by atoms with Gasteiger partial charge in [-0.05, 0) is 42.3 Å². The van der Waals surface area contributed by atoms with E-state index >= 15 is 0 Å². The van der Waals surface area contributed by atoms with E-state index in [0.717, 1.165) is 11.1 Å². The fourth-order valence-corrected chi connectivity index (χ4v) is 2.60. The van der Waals surface area contributed by atoms with Crippen LogP contribution in [0.2, 0.25) is 0 Å². The van der Waals surface area contributed by atoms with Gasteiger partial charge in [0, 0.05) is 36.1 Å². The van der Waals surface area contributed by atoms with Crippen molar-refractivity contribution in [3.8, 4) is 0 Å². The van der Waals surface area contributed by atoms with Crippen LogP contribution >= 0.6 is 0 Å². The number of amides is 2. The van der Waals surface area contributed by atoms with Crippen LogP contribution < -0.4 is 16.4 Å². The Morgan fingerprint density at radius 2 is 1.76 bits per heavy atom. The smallest absolute Gasteiger partial charge is 0.255 e. The number of hydrogen-bond donors (Lipinski definition) is 3. The van der Waals surface area contributed by atoms with Crippen LogP contribution in [-0.2, 0) is 11.3 Å². The van der Waals surface area contributed by atoms with Crippen molar-refractivity contribution in [2.75, 3.05) is 11.1 Å². The summed E-state index contributed by atoms with van der Waals surface area (Å²) in [5.41, 5.74) is 9.74. The van der Waals surface area contributed by atoms with Crippen LogP contribution in [0.4, 0.5) is 11.5 Å². The topological polar surface area (TPSA) is 97.1 Å². The number of pyridine rings is 1. The highest BCUT2D eigenvalue weighted by Crippen LogP contribution is 2.12. The van der Waals surface area contributed by atoms with Crippen molar-refractivity contribution < 1.29 is 9.59 Å². The number of aryl methyl sites for hydroxylation is 1. The first-order valence-corrected chi connectivity index (χ1v) is 9.14. The predicted octanol–water partition coefficient (Wildman–Crippen LogP) is 3.55. The van der Waals surface area contributed by atoms with Crippen LogP contribution in [0.1, 0.15) is 27.0 Å². The van der Waals surface area contributed by atoms with Gasteiger partial charge in [0.05, 0.1) is 0 Å². The number of nitrogens with one attached hydrogen (secondary N) is 2. The molecule has 0 unspecified atom stereocenters. The Labute approximate surface area is 169 Å². The second kappa shape index (κ2) is 9.32. The number of anilines is 2. The largest absolute Gasteiger partial charge is 0.384 e. The van der Waals surface area contributed by atoms with E-state index in [2.05, 4.69) is 15.6 Å². The number of benzene rings is 2. The Bertz CT molecular complexity index is 1030. The minimum atomic E-state index is -0.243. The third kappa shape index (κ3) is 6.04. The van der Waals surface area contributed by atoms with E-state index in [1.54, 1.807) is 42.5 Å². The second-order valence-corrected chi connectivity index (χ2v) is 6.58. The van der Waals surface area contributed by atoms with Gasteiger partial charge in [0.25, 0.3) is 5.91 Å². The number of carbonyl (C=O) groups excluding carboxylic acids is 2. The molecule has 146 valence electrons. The molecule has 4 N–H and O–H groups in total. The first kappa shape index (κ1) is 19.8. The highest BCUT2D eigenvalue weighted by molar-refractivity contribution is 6.04. The van der Waals surface area contributed by atoms with Crippen molar-refractivity contribution in [2.24, 2.45) is 0 Å². The predicted molar refractivity (Wildman–Crippen MR) is 115 cm³/mol. The van der Waals surface area contributed by atoms with Crippen molar-refractivity contribution >= 4 is 29.4 Å². The number of rotatable bonds is 6. The Kier molecular flexibility index (Phi) is 6.37. The molecule has 0 fully saturated rings. The number of carbonyl (C=O) groups is 2. The van der Waals surface area contributed by atoms with Gasteiger partial charge in [0.1, 0.15) is 5.82 Å². The zero-order valence-corrected chi connectivity index (χ0v) is 16.1. The van der Waals surface area contributed by atoms with Crippen LogP contribution in [0.3, 0.4) is 0 Å². The molecule has 0 saturated heterocycles. The van der Waals surface area contributed by atoms with E-state index in [1.807, 2.05) is 31.2 Å². The molecule has 0 bridgehead atoms. The van der Waals surface area contributed by atoms with E-state index in [4.69, 9.17) is 5.73 Å². The summed E-state index contributed by atoms with van der Waals surface area (Å²) < 4.78 is 0. The van der Waals surface area contributed by atoms with Gasteiger partial charge in [-0.25, -0.2) is 4.98 Å². The standard InChI is InChI=1S/C23H22N4O2/c1-16-2-4-17(5-3-16)8-11-22(28)26-15-18-6-9-19(10-7-18)23(29)27-20-12-13-25-21(24)14-20/h2-14H,15H2,1H3,(H,26,28)(H3,24,25,27,29)/b11-8+. The van der Waals surface area contributed by atoms with Crippen molar-refractivity contribution in [1.29, 1.82) is 0 Å². The molecule has 2 amide bonds. The lowest BCUT2D eigenvalue weighted by atomic mass is 10.1. The lowest BCUT2D eigenvalue weighted by Gasteiger charge is -2.07. The third-order valence-corrected chi connectivity index (χ3v) is 4.23. The molecule has 2 aromatic carbocycles. The summed E-state index contributed by atoms with van der Waals surface area (Å²) in [7, 11) is 0. The first-order chi connectivity index (χ1) is 14.0. The van der Waals surface area contributed by atoms with Gasteiger partial charge >= 0.3 is 0 Å². The summed E-state index contributed by atoms with van der Waals surface area (Å²) >= 11 is 0.